The summed E-state index contributed by atoms with van der Waals surface area (Å²) >= 11 is 0. The first kappa shape index (κ1) is 17.4. The summed E-state index contributed by atoms with van der Waals surface area (Å²) in [6, 6.07) is 3.63. The van der Waals surface area contributed by atoms with Gasteiger partial charge < -0.3 is 5.32 Å². The van der Waals surface area contributed by atoms with Crippen LogP contribution in [0.25, 0.3) is 0 Å². The van der Waals surface area contributed by atoms with Gasteiger partial charge in [-0.15, -0.1) is 0 Å². The van der Waals surface area contributed by atoms with E-state index in [2.05, 4.69) is 10.0 Å². The van der Waals surface area contributed by atoms with Crippen molar-refractivity contribution in [3.05, 3.63) is 28.3 Å². The Balaban J connectivity index is 3.00. The number of nitro groups is 1. The molecule has 0 spiro atoms. The number of sulfonamides is 1. The number of benzene rings is 1. The van der Waals surface area contributed by atoms with Gasteiger partial charge in [-0.05, 0) is 17.9 Å². The third-order valence-electron chi connectivity index (χ3n) is 2.90. The first-order valence-electron chi connectivity index (χ1n) is 6.53. The van der Waals surface area contributed by atoms with Gasteiger partial charge in [0.05, 0.1) is 10.6 Å². The van der Waals surface area contributed by atoms with E-state index >= 15 is 0 Å². The maximum absolute atomic E-state index is 12.3. The van der Waals surface area contributed by atoms with Crippen molar-refractivity contribution >= 4 is 21.4 Å². The monoisotopic (exact) mass is 315 g/mol. The van der Waals surface area contributed by atoms with Crippen molar-refractivity contribution in [2.75, 3.05) is 18.9 Å². The predicted molar refractivity (Wildman–Crippen MR) is 81.9 cm³/mol. The molecule has 0 saturated carbocycles. The van der Waals surface area contributed by atoms with Crippen molar-refractivity contribution in [1.82, 2.24) is 4.72 Å². The first-order valence-corrected chi connectivity index (χ1v) is 8.01. The number of hydrogen-bond acceptors (Lipinski definition) is 5. The Hall–Kier alpha value is -1.67. The zero-order chi connectivity index (χ0) is 16.3. The third-order valence-corrected chi connectivity index (χ3v) is 4.42. The number of nitrogens with one attached hydrogen (secondary N) is 2. The molecule has 0 fully saturated rings. The Morgan fingerprint density at radius 2 is 1.90 bits per heavy atom. The SMILES string of the molecule is CNc1cc([N+](=O)[O-])ccc1S(=O)(=O)NCCC(C)(C)C. The lowest BCUT2D eigenvalue weighted by Gasteiger charge is -2.18. The van der Waals surface area contributed by atoms with Crippen LogP contribution in [0.5, 0.6) is 0 Å². The molecule has 7 nitrogen and oxygen atoms in total. The zero-order valence-corrected chi connectivity index (χ0v) is 13.5. The lowest BCUT2D eigenvalue weighted by atomic mass is 9.93. The normalized spacial score (nSPS) is 12.2. The molecule has 2 N–H and O–H groups in total. The van der Waals surface area contributed by atoms with Crippen molar-refractivity contribution in [2.45, 2.75) is 32.1 Å². The van der Waals surface area contributed by atoms with E-state index in [1.807, 2.05) is 20.8 Å². The van der Waals surface area contributed by atoms with E-state index in [-0.39, 0.29) is 21.7 Å². The van der Waals surface area contributed by atoms with Gasteiger partial charge in [0.2, 0.25) is 10.0 Å². The summed E-state index contributed by atoms with van der Waals surface area (Å²) in [5.74, 6) is 0. The van der Waals surface area contributed by atoms with E-state index in [1.165, 1.54) is 25.2 Å². The van der Waals surface area contributed by atoms with Crippen LogP contribution in [0, 0.1) is 15.5 Å². The smallest absolute Gasteiger partial charge is 0.271 e. The number of anilines is 1. The van der Waals surface area contributed by atoms with Crippen molar-refractivity contribution in [3.63, 3.8) is 0 Å². The highest BCUT2D eigenvalue weighted by Crippen LogP contribution is 2.26. The van der Waals surface area contributed by atoms with Crippen molar-refractivity contribution < 1.29 is 13.3 Å². The minimum atomic E-state index is -3.70. The van der Waals surface area contributed by atoms with Crippen molar-refractivity contribution in [2.24, 2.45) is 5.41 Å². The second kappa shape index (κ2) is 6.40. The fourth-order valence-corrected chi connectivity index (χ4v) is 2.92. The molecular formula is C13H21N3O4S. The molecule has 0 bridgehead atoms. The van der Waals surface area contributed by atoms with E-state index in [0.29, 0.717) is 13.0 Å². The highest BCUT2D eigenvalue weighted by Gasteiger charge is 2.21. The maximum atomic E-state index is 12.3. The number of rotatable bonds is 6. The number of nitro benzene ring substituents is 1. The summed E-state index contributed by atoms with van der Waals surface area (Å²) in [7, 11) is -2.18. The van der Waals surface area contributed by atoms with Gasteiger partial charge in [-0.1, -0.05) is 20.8 Å². The van der Waals surface area contributed by atoms with Crippen LogP contribution in [-0.2, 0) is 10.0 Å². The Kier molecular flexibility index (Phi) is 5.30. The minimum absolute atomic E-state index is 0.00418. The molecular weight excluding hydrogens is 294 g/mol. The van der Waals surface area contributed by atoms with Gasteiger partial charge in [-0.25, -0.2) is 13.1 Å². The average Bonchev–Trinajstić information content (AvgIpc) is 2.35. The molecule has 0 aliphatic rings. The molecule has 0 saturated heterocycles. The third kappa shape index (κ3) is 4.98. The average molecular weight is 315 g/mol. The summed E-state index contributed by atoms with van der Waals surface area (Å²) in [6.45, 7) is 6.37. The quantitative estimate of drug-likeness (QED) is 0.620. The second-order valence-corrected chi connectivity index (χ2v) is 7.63. The fourth-order valence-electron chi connectivity index (χ4n) is 1.70. The molecule has 0 aromatic heterocycles. The Bertz CT molecular complexity index is 621. The van der Waals surface area contributed by atoms with Crippen LogP contribution >= 0.6 is 0 Å². The Morgan fingerprint density at radius 3 is 2.38 bits per heavy atom. The largest absolute Gasteiger partial charge is 0.387 e. The summed E-state index contributed by atoms with van der Waals surface area (Å²) < 4.78 is 27.0. The van der Waals surface area contributed by atoms with Crippen LogP contribution in [0.3, 0.4) is 0 Å². The molecule has 0 heterocycles. The van der Waals surface area contributed by atoms with Crippen LogP contribution in [0.4, 0.5) is 11.4 Å². The van der Waals surface area contributed by atoms with Gasteiger partial charge >= 0.3 is 0 Å². The minimum Gasteiger partial charge on any atom is -0.387 e. The van der Waals surface area contributed by atoms with Gasteiger partial charge in [-0.2, -0.15) is 0 Å². The first-order chi connectivity index (χ1) is 9.57. The second-order valence-electron chi connectivity index (χ2n) is 5.90. The summed E-state index contributed by atoms with van der Waals surface area (Å²) in [5.41, 5.74) is 0.0598. The molecule has 8 heteroatoms. The molecule has 1 rings (SSSR count). The van der Waals surface area contributed by atoms with Gasteiger partial charge in [-0.3, -0.25) is 10.1 Å². The van der Waals surface area contributed by atoms with Gasteiger partial charge in [0, 0.05) is 25.7 Å². The van der Waals surface area contributed by atoms with Gasteiger partial charge in [0.25, 0.3) is 5.69 Å². The molecule has 21 heavy (non-hydrogen) atoms. The van der Waals surface area contributed by atoms with Crippen LogP contribution in [-0.4, -0.2) is 26.9 Å². The fraction of sp³-hybridized carbons (Fsp3) is 0.538. The highest BCUT2D eigenvalue weighted by atomic mass is 32.2. The molecule has 118 valence electrons. The molecule has 0 aliphatic heterocycles. The lowest BCUT2D eigenvalue weighted by Crippen LogP contribution is -2.28. The van der Waals surface area contributed by atoms with E-state index < -0.39 is 14.9 Å². The lowest BCUT2D eigenvalue weighted by molar-refractivity contribution is -0.384. The summed E-state index contributed by atoms with van der Waals surface area (Å²) in [4.78, 5) is 10.2. The van der Waals surface area contributed by atoms with E-state index in [9.17, 15) is 18.5 Å². The van der Waals surface area contributed by atoms with Crippen molar-refractivity contribution in [1.29, 1.82) is 0 Å². The molecule has 0 unspecified atom stereocenters. The molecule has 1 aromatic carbocycles. The van der Waals surface area contributed by atoms with Crippen LogP contribution in [0.15, 0.2) is 23.1 Å². The Morgan fingerprint density at radius 1 is 1.29 bits per heavy atom. The summed E-state index contributed by atoms with van der Waals surface area (Å²) in [6.07, 6.45) is 0.689. The van der Waals surface area contributed by atoms with Gasteiger partial charge in [0.15, 0.2) is 0 Å². The standard InChI is InChI=1S/C13H21N3O4S/c1-13(2,3)7-8-15-21(19,20)12-6-5-10(16(17)18)9-11(12)14-4/h5-6,9,14-15H,7-8H2,1-4H3. The number of non-ortho nitro benzene ring substituents is 1. The van der Waals surface area contributed by atoms with E-state index in [1.54, 1.807) is 0 Å². The molecule has 0 atom stereocenters. The number of nitrogens with zero attached hydrogens (tertiary/aromatic N) is 1. The van der Waals surface area contributed by atoms with E-state index in [4.69, 9.17) is 0 Å². The maximum Gasteiger partial charge on any atom is 0.271 e. The van der Waals surface area contributed by atoms with E-state index in [0.717, 1.165) is 0 Å². The summed E-state index contributed by atoms with van der Waals surface area (Å²) in [5, 5.41) is 13.4. The van der Waals surface area contributed by atoms with Crippen LogP contribution in [0.1, 0.15) is 27.2 Å². The highest BCUT2D eigenvalue weighted by molar-refractivity contribution is 7.89. The number of hydrogen-bond donors (Lipinski definition) is 2. The zero-order valence-electron chi connectivity index (χ0n) is 12.6. The molecule has 0 amide bonds. The molecule has 0 radical (unpaired) electrons. The molecule has 1 aromatic rings. The Labute approximate surface area is 124 Å². The predicted octanol–water partition coefficient (Wildman–Crippen LogP) is 2.35. The van der Waals surface area contributed by atoms with Crippen molar-refractivity contribution in [3.8, 4) is 0 Å². The van der Waals surface area contributed by atoms with Gasteiger partial charge in [0.1, 0.15) is 4.90 Å². The molecule has 0 aliphatic carbocycles. The van der Waals surface area contributed by atoms with Crippen LogP contribution in [0.2, 0.25) is 0 Å². The van der Waals surface area contributed by atoms with Crippen LogP contribution < -0.4 is 10.0 Å². The topological polar surface area (TPSA) is 101 Å².